The van der Waals surface area contributed by atoms with E-state index >= 15 is 0 Å². The largest absolute Gasteiger partial charge is 0.488 e. The quantitative estimate of drug-likeness (QED) is 0.859. The summed E-state index contributed by atoms with van der Waals surface area (Å²) in [6, 6.07) is 13.0. The lowest BCUT2D eigenvalue weighted by Crippen LogP contribution is -2.22. The van der Waals surface area contributed by atoms with Gasteiger partial charge in [0.1, 0.15) is 18.2 Å². The Morgan fingerprint density at radius 2 is 1.81 bits per heavy atom. The predicted molar refractivity (Wildman–Crippen MR) is 83.9 cm³/mol. The molecule has 0 radical (unpaired) electrons. The molecule has 2 aromatic rings. The molecule has 0 amide bonds. The molecule has 1 N–H and O–H groups in total. The van der Waals surface area contributed by atoms with Crippen molar-refractivity contribution in [3.63, 3.8) is 0 Å². The minimum Gasteiger partial charge on any atom is -0.488 e. The molecule has 0 spiro atoms. The molecule has 2 aromatic carbocycles. The zero-order chi connectivity index (χ0) is 15.2. The highest BCUT2D eigenvalue weighted by atomic mass is 19.1. The van der Waals surface area contributed by atoms with E-state index in [4.69, 9.17) is 4.74 Å². The highest BCUT2D eigenvalue weighted by molar-refractivity contribution is 5.41. The molecule has 0 aliphatic carbocycles. The van der Waals surface area contributed by atoms with E-state index in [1.165, 1.54) is 12.1 Å². The summed E-state index contributed by atoms with van der Waals surface area (Å²) in [4.78, 5) is 0. The second kappa shape index (κ2) is 7.23. The molecule has 0 saturated heterocycles. The maximum Gasteiger partial charge on any atom is 0.127 e. The van der Waals surface area contributed by atoms with E-state index in [2.05, 4.69) is 25.2 Å². The first-order chi connectivity index (χ1) is 10.1. The fourth-order valence-electron chi connectivity index (χ4n) is 2.11. The summed E-state index contributed by atoms with van der Waals surface area (Å²) in [7, 11) is 0. The number of halogens is 1. The van der Waals surface area contributed by atoms with Crippen molar-refractivity contribution in [2.45, 2.75) is 40.0 Å². The van der Waals surface area contributed by atoms with Crippen LogP contribution in [0.4, 0.5) is 4.39 Å². The van der Waals surface area contributed by atoms with Crippen molar-refractivity contribution in [1.29, 1.82) is 0 Å². The van der Waals surface area contributed by atoms with Gasteiger partial charge in [0.15, 0.2) is 0 Å². The van der Waals surface area contributed by atoms with Crippen LogP contribution >= 0.6 is 0 Å². The fraction of sp³-hybridized carbons (Fsp3) is 0.333. The van der Waals surface area contributed by atoms with Crippen LogP contribution in [0, 0.1) is 12.7 Å². The first kappa shape index (κ1) is 15.5. The molecule has 3 heteroatoms. The molecule has 0 bridgehead atoms. The summed E-state index contributed by atoms with van der Waals surface area (Å²) in [5, 5.41) is 3.41. The van der Waals surface area contributed by atoms with Crippen LogP contribution < -0.4 is 10.1 Å². The van der Waals surface area contributed by atoms with E-state index in [1.54, 1.807) is 12.1 Å². The molecule has 2 nitrogen and oxygen atoms in total. The maximum absolute atomic E-state index is 12.9. The minimum atomic E-state index is -0.225. The zero-order valence-corrected chi connectivity index (χ0v) is 12.8. The van der Waals surface area contributed by atoms with Crippen molar-refractivity contribution in [1.82, 2.24) is 5.32 Å². The second-order valence-electron chi connectivity index (χ2n) is 5.51. The van der Waals surface area contributed by atoms with Crippen LogP contribution in [0.5, 0.6) is 5.75 Å². The van der Waals surface area contributed by atoms with Crippen LogP contribution in [-0.2, 0) is 13.2 Å². The summed E-state index contributed by atoms with van der Waals surface area (Å²) in [5.41, 5.74) is 3.22. The molecule has 0 aliphatic heterocycles. The van der Waals surface area contributed by atoms with Gasteiger partial charge in [-0.25, -0.2) is 4.39 Å². The Morgan fingerprint density at radius 1 is 1.10 bits per heavy atom. The molecule has 0 fully saturated rings. The van der Waals surface area contributed by atoms with Crippen LogP contribution in [0.15, 0.2) is 42.5 Å². The molecule has 21 heavy (non-hydrogen) atoms. The maximum atomic E-state index is 12.9. The lowest BCUT2D eigenvalue weighted by Gasteiger charge is -2.16. The van der Waals surface area contributed by atoms with Gasteiger partial charge >= 0.3 is 0 Å². The van der Waals surface area contributed by atoms with Gasteiger partial charge in [0.2, 0.25) is 0 Å². The van der Waals surface area contributed by atoms with Gasteiger partial charge < -0.3 is 10.1 Å². The third-order valence-electron chi connectivity index (χ3n) is 3.29. The third kappa shape index (κ3) is 4.57. The molecule has 0 aliphatic rings. The molecule has 0 aromatic heterocycles. The normalized spacial score (nSPS) is 10.9. The summed E-state index contributed by atoms with van der Waals surface area (Å²) >= 11 is 0. The van der Waals surface area contributed by atoms with Gasteiger partial charge in [-0.05, 0) is 30.2 Å². The Balaban J connectivity index is 2.09. The van der Waals surface area contributed by atoms with Gasteiger partial charge in [-0.3, -0.25) is 0 Å². The first-order valence-corrected chi connectivity index (χ1v) is 7.25. The van der Waals surface area contributed by atoms with E-state index < -0.39 is 0 Å². The number of nitrogens with one attached hydrogen (secondary N) is 1. The average molecular weight is 287 g/mol. The SMILES string of the molecule is Cc1cccc(CNC(C)C)c1OCc1ccc(F)cc1. The van der Waals surface area contributed by atoms with Crippen molar-refractivity contribution in [3.8, 4) is 5.75 Å². The topological polar surface area (TPSA) is 21.3 Å². The van der Waals surface area contributed by atoms with Crippen LogP contribution in [0.3, 0.4) is 0 Å². The highest BCUT2D eigenvalue weighted by Gasteiger charge is 2.08. The average Bonchev–Trinajstić information content (AvgIpc) is 2.46. The lowest BCUT2D eigenvalue weighted by atomic mass is 10.1. The van der Waals surface area contributed by atoms with Crippen molar-refractivity contribution in [3.05, 3.63) is 65.0 Å². The van der Waals surface area contributed by atoms with Gasteiger partial charge in [0.05, 0.1) is 0 Å². The molecular formula is C18H22FNO. The number of hydrogen-bond acceptors (Lipinski definition) is 2. The number of benzene rings is 2. The van der Waals surface area contributed by atoms with Gasteiger partial charge in [-0.15, -0.1) is 0 Å². The molecule has 112 valence electrons. The second-order valence-corrected chi connectivity index (χ2v) is 5.51. The van der Waals surface area contributed by atoms with Gasteiger partial charge in [-0.2, -0.15) is 0 Å². The molecule has 0 unspecified atom stereocenters. The van der Waals surface area contributed by atoms with Crippen LogP contribution in [-0.4, -0.2) is 6.04 Å². The van der Waals surface area contributed by atoms with Crippen LogP contribution in [0.2, 0.25) is 0 Å². The molecular weight excluding hydrogens is 265 g/mol. The molecule has 2 rings (SSSR count). The van der Waals surface area contributed by atoms with Crippen molar-refractivity contribution < 1.29 is 9.13 Å². The van der Waals surface area contributed by atoms with Gasteiger partial charge in [0.25, 0.3) is 0 Å². The Bertz CT molecular complexity index is 578. The van der Waals surface area contributed by atoms with Crippen molar-refractivity contribution >= 4 is 0 Å². The van der Waals surface area contributed by atoms with Gasteiger partial charge in [0, 0.05) is 18.2 Å². The van der Waals surface area contributed by atoms with E-state index in [9.17, 15) is 4.39 Å². The van der Waals surface area contributed by atoms with E-state index in [0.717, 1.165) is 29.0 Å². The third-order valence-corrected chi connectivity index (χ3v) is 3.29. The summed E-state index contributed by atoms with van der Waals surface area (Å²) in [5.74, 6) is 0.687. The Labute approximate surface area is 126 Å². The number of hydrogen-bond donors (Lipinski definition) is 1. The summed E-state index contributed by atoms with van der Waals surface area (Å²) in [6.45, 7) is 7.50. The summed E-state index contributed by atoms with van der Waals surface area (Å²) in [6.07, 6.45) is 0. The number of aryl methyl sites for hydroxylation is 1. The highest BCUT2D eigenvalue weighted by Crippen LogP contribution is 2.24. The molecule has 0 heterocycles. The predicted octanol–water partition coefficient (Wildman–Crippen LogP) is 4.21. The minimum absolute atomic E-state index is 0.225. The van der Waals surface area contributed by atoms with Crippen LogP contribution in [0.25, 0.3) is 0 Å². The standard InChI is InChI=1S/C18H22FNO/c1-13(2)20-11-16-6-4-5-14(3)18(16)21-12-15-7-9-17(19)10-8-15/h4-10,13,20H,11-12H2,1-3H3. The van der Waals surface area contributed by atoms with E-state index in [-0.39, 0.29) is 5.82 Å². The van der Waals surface area contributed by atoms with E-state index in [0.29, 0.717) is 12.6 Å². The fourth-order valence-corrected chi connectivity index (χ4v) is 2.11. The monoisotopic (exact) mass is 287 g/mol. The molecule has 0 atom stereocenters. The Morgan fingerprint density at radius 3 is 2.48 bits per heavy atom. The van der Waals surface area contributed by atoms with Crippen LogP contribution in [0.1, 0.15) is 30.5 Å². The number of ether oxygens (including phenoxy) is 1. The summed E-state index contributed by atoms with van der Waals surface area (Å²) < 4.78 is 18.9. The van der Waals surface area contributed by atoms with Gasteiger partial charge in [-0.1, -0.05) is 44.2 Å². The zero-order valence-electron chi connectivity index (χ0n) is 12.8. The lowest BCUT2D eigenvalue weighted by molar-refractivity contribution is 0.299. The van der Waals surface area contributed by atoms with Crippen molar-refractivity contribution in [2.75, 3.05) is 0 Å². The van der Waals surface area contributed by atoms with Crippen molar-refractivity contribution in [2.24, 2.45) is 0 Å². The smallest absolute Gasteiger partial charge is 0.127 e. The first-order valence-electron chi connectivity index (χ1n) is 7.25. The number of rotatable bonds is 6. The Kier molecular flexibility index (Phi) is 5.34. The van der Waals surface area contributed by atoms with E-state index in [1.807, 2.05) is 19.1 Å². The molecule has 0 saturated carbocycles. The number of para-hydroxylation sites is 1. The Hall–Kier alpha value is -1.87.